The number of carbonyl (C=O) groups is 4. The van der Waals surface area contributed by atoms with E-state index in [2.05, 4.69) is 10.9 Å². The molecule has 11 nitrogen and oxygen atoms in total. The number of piperidine rings is 1. The van der Waals surface area contributed by atoms with E-state index in [0.717, 1.165) is 5.56 Å². The number of nitrogens with zero attached hydrogens (tertiary/aromatic N) is 3. The molecule has 3 fully saturated rings. The molecule has 35 heavy (non-hydrogen) atoms. The van der Waals surface area contributed by atoms with Gasteiger partial charge in [-0.25, -0.2) is 9.59 Å². The number of hydroxylamine groups is 2. The minimum atomic E-state index is -1.09. The van der Waals surface area contributed by atoms with Crippen molar-refractivity contribution in [2.75, 3.05) is 13.1 Å². The van der Waals surface area contributed by atoms with E-state index in [1.807, 2.05) is 30.3 Å². The Kier molecular flexibility index (Phi) is 6.63. The maximum atomic E-state index is 12.9. The lowest BCUT2D eigenvalue weighted by Gasteiger charge is -2.35. The van der Waals surface area contributed by atoms with Crippen LogP contribution in [0.15, 0.2) is 30.3 Å². The minimum Gasteiger partial charge on any atom is -0.465 e. The molecule has 0 aromatic heterocycles. The number of benzene rings is 1. The molecule has 0 radical (unpaired) electrons. The highest BCUT2D eigenvalue weighted by atomic mass is 16.7. The zero-order valence-corrected chi connectivity index (χ0v) is 20.3. The Balaban J connectivity index is 1.31. The van der Waals surface area contributed by atoms with Crippen molar-refractivity contribution in [2.45, 2.75) is 70.7 Å². The molecule has 2 bridgehead atoms. The predicted molar refractivity (Wildman–Crippen MR) is 124 cm³/mol. The summed E-state index contributed by atoms with van der Waals surface area (Å²) < 4.78 is 0. The molecule has 2 heterocycles. The molecule has 2 atom stereocenters. The van der Waals surface area contributed by atoms with Gasteiger partial charge in [-0.05, 0) is 52.0 Å². The van der Waals surface area contributed by atoms with E-state index in [4.69, 9.17) is 4.84 Å². The molecule has 1 aromatic rings. The maximum absolute atomic E-state index is 12.9. The average molecular weight is 488 g/mol. The molecule has 0 spiro atoms. The largest absolute Gasteiger partial charge is 0.465 e. The predicted octanol–water partition coefficient (Wildman–Crippen LogP) is 2.09. The fraction of sp³-hybridized carbons (Fsp3) is 0.583. The first-order chi connectivity index (χ1) is 16.5. The van der Waals surface area contributed by atoms with E-state index in [1.165, 1.54) is 14.9 Å². The molecule has 11 heteroatoms. The molecule has 1 aromatic carbocycles. The van der Waals surface area contributed by atoms with Crippen LogP contribution in [0, 0.1) is 5.41 Å². The summed E-state index contributed by atoms with van der Waals surface area (Å²) in [5.41, 5.74) is 4.35. The molecule has 3 N–H and O–H groups in total. The standard InChI is InChI=1S/C24H33N5O6/c1-23(2,3)28(22(33)34)15-24(11-12-24)20(31)26-25-19(30)18-10-9-17-13-27(18)21(32)29(17)35-14-16-7-5-4-6-8-16/h4-8,17-18H,9-15H2,1-3H3,(H,25,30)(H,26,31)(H,33,34)/t17-,18?/m1/s1. The third-order valence-corrected chi connectivity index (χ3v) is 6.97. The summed E-state index contributed by atoms with van der Waals surface area (Å²) in [4.78, 5) is 58.8. The summed E-state index contributed by atoms with van der Waals surface area (Å²) in [6.45, 7) is 6.00. The van der Waals surface area contributed by atoms with Crippen molar-refractivity contribution in [3.8, 4) is 0 Å². The van der Waals surface area contributed by atoms with Crippen LogP contribution in [0.5, 0.6) is 0 Å². The first kappa shape index (κ1) is 24.8. The van der Waals surface area contributed by atoms with Gasteiger partial charge in [-0.3, -0.25) is 25.3 Å². The van der Waals surface area contributed by atoms with E-state index in [9.17, 15) is 24.3 Å². The van der Waals surface area contributed by atoms with Crippen molar-refractivity contribution in [2.24, 2.45) is 5.41 Å². The number of amides is 5. The second kappa shape index (κ2) is 9.37. The summed E-state index contributed by atoms with van der Waals surface area (Å²) in [6, 6.07) is 8.32. The number of nitrogens with one attached hydrogen (secondary N) is 2. The lowest BCUT2D eigenvalue weighted by Crippen LogP contribution is -2.56. The molecule has 1 aliphatic carbocycles. The molecule has 1 saturated carbocycles. The van der Waals surface area contributed by atoms with Gasteiger partial charge in [-0.15, -0.1) is 0 Å². The molecular weight excluding hydrogens is 454 g/mol. The van der Waals surface area contributed by atoms with Gasteiger partial charge in [0, 0.05) is 18.6 Å². The van der Waals surface area contributed by atoms with Crippen LogP contribution < -0.4 is 10.9 Å². The van der Waals surface area contributed by atoms with Crippen molar-refractivity contribution in [1.82, 2.24) is 25.7 Å². The van der Waals surface area contributed by atoms with E-state index >= 15 is 0 Å². The number of hydrazine groups is 1. The Morgan fingerprint density at radius 2 is 1.83 bits per heavy atom. The van der Waals surface area contributed by atoms with Crippen LogP contribution in [0.4, 0.5) is 9.59 Å². The van der Waals surface area contributed by atoms with Gasteiger partial charge in [0.1, 0.15) is 12.6 Å². The lowest BCUT2D eigenvalue weighted by molar-refractivity contribution is -0.140. The SMILES string of the molecule is CC(C)(C)N(CC1(C(=O)NNC(=O)C2CC[C@@H]3CN2C(=O)N3OCc2ccccc2)CC1)C(=O)O. The maximum Gasteiger partial charge on any atom is 0.407 e. The molecule has 190 valence electrons. The van der Waals surface area contributed by atoms with E-state index in [1.54, 1.807) is 20.8 Å². The second-order valence-electron chi connectivity index (χ2n) is 10.5. The van der Waals surface area contributed by atoms with Crippen LogP contribution in [0.1, 0.15) is 52.0 Å². The highest BCUT2D eigenvalue weighted by molar-refractivity contribution is 5.92. The fourth-order valence-corrected chi connectivity index (χ4v) is 4.63. The second-order valence-corrected chi connectivity index (χ2v) is 10.5. The number of carbonyl (C=O) groups excluding carboxylic acids is 3. The Labute approximate surface area is 204 Å². The number of urea groups is 1. The molecule has 5 amide bonds. The lowest BCUT2D eigenvalue weighted by atomic mass is 10.00. The van der Waals surface area contributed by atoms with Gasteiger partial charge in [0.2, 0.25) is 5.91 Å². The van der Waals surface area contributed by atoms with Crippen molar-refractivity contribution < 1.29 is 29.1 Å². The number of hydrogen-bond donors (Lipinski definition) is 3. The van der Waals surface area contributed by atoms with Crippen LogP contribution in [-0.4, -0.2) is 74.6 Å². The van der Waals surface area contributed by atoms with Crippen LogP contribution in [0.3, 0.4) is 0 Å². The van der Waals surface area contributed by atoms with Crippen molar-refractivity contribution in [1.29, 1.82) is 0 Å². The van der Waals surface area contributed by atoms with Gasteiger partial charge in [0.25, 0.3) is 5.91 Å². The Morgan fingerprint density at radius 1 is 1.14 bits per heavy atom. The quantitative estimate of drug-likeness (QED) is 0.505. The average Bonchev–Trinajstić information content (AvgIpc) is 3.57. The summed E-state index contributed by atoms with van der Waals surface area (Å²) in [5.74, 6) is -0.896. The van der Waals surface area contributed by atoms with Gasteiger partial charge >= 0.3 is 12.1 Å². The summed E-state index contributed by atoms with van der Waals surface area (Å²) in [7, 11) is 0. The number of fused-ring (bicyclic) bond motifs is 2. The molecular formula is C24H33N5O6. The van der Waals surface area contributed by atoms with E-state index < -0.39 is 34.9 Å². The van der Waals surface area contributed by atoms with Crippen LogP contribution in [-0.2, 0) is 21.0 Å². The molecule has 1 unspecified atom stereocenters. The highest BCUT2D eigenvalue weighted by Gasteiger charge is 2.53. The van der Waals surface area contributed by atoms with Crippen molar-refractivity contribution >= 4 is 23.9 Å². The minimum absolute atomic E-state index is 0.0525. The normalized spacial score (nSPS) is 22.5. The first-order valence-corrected chi connectivity index (χ1v) is 11.9. The Morgan fingerprint density at radius 3 is 2.43 bits per heavy atom. The molecule has 2 aliphatic heterocycles. The van der Waals surface area contributed by atoms with Crippen molar-refractivity contribution in [3.05, 3.63) is 35.9 Å². The number of rotatable bonds is 7. The van der Waals surface area contributed by atoms with Crippen molar-refractivity contribution in [3.63, 3.8) is 0 Å². The van der Waals surface area contributed by atoms with Gasteiger partial charge in [0.15, 0.2) is 0 Å². The van der Waals surface area contributed by atoms with E-state index in [-0.39, 0.29) is 25.2 Å². The topological polar surface area (TPSA) is 132 Å². The molecule has 3 aliphatic rings. The summed E-state index contributed by atoms with van der Waals surface area (Å²) >= 11 is 0. The number of hydrogen-bond acceptors (Lipinski definition) is 5. The zero-order valence-electron chi connectivity index (χ0n) is 20.3. The van der Waals surface area contributed by atoms with Crippen LogP contribution in [0.2, 0.25) is 0 Å². The van der Waals surface area contributed by atoms with Crippen LogP contribution in [0.25, 0.3) is 0 Å². The smallest absolute Gasteiger partial charge is 0.407 e. The third-order valence-electron chi connectivity index (χ3n) is 6.97. The van der Waals surface area contributed by atoms with Gasteiger partial charge in [0.05, 0.1) is 11.5 Å². The Bertz CT molecular complexity index is 990. The van der Waals surface area contributed by atoms with Gasteiger partial charge < -0.3 is 14.9 Å². The third kappa shape index (κ3) is 5.19. The fourth-order valence-electron chi connectivity index (χ4n) is 4.63. The monoisotopic (exact) mass is 487 g/mol. The first-order valence-electron chi connectivity index (χ1n) is 11.9. The number of carboxylic acid groups (broad SMARTS) is 1. The highest BCUT2D eigenvalue weighted by Crippen LogP contribution is 2.47. The van der Waals surface area contributed by atoms with E-state index in [0.29, 0.717) is 32.2 Å². The summed E-state index contributed by atoms with van der Waals surface area (Å²) in [6.07, 6.45) is 1.04. The molecule has 2 saturated heterocycles. The molecule has 4 rings (SSSR count). The Hall–Kier alpha value is -3.34. The van der Waals surface area contributed by atoms with Gasteiger partial charge in [-0.1, -0.05) is 30.3 Å². The summed E-state index contributed by atoms with van der Waals surface area (Å²) in [5, 5.41) is 10.9. The van der Waals surface area contributed by atoms with Crippen LogP contribution >= 0.6 is 0 Å². The zero-order chi connectivity index (χ0) is 25.4. The van der Waals surface area contributed by atoms with Gasteiger partial charge in [-0.2, -0.15) is 5.06 Å².